The van der Waals surface area contributed by atoms with E-state index in [-0.39, 0.29) is 10.7 Å². The molecule has 1 aromatic heterocycles. The minimum atomic E-state index is -1.03. The van der Waals surface area contributed by atoms with Gasteiger partial charge in [-0.1, -0.05) is 11.8 Å². The number of hydrogen-bond donors (Lipinski definition) is 1. The summed E-state index contributed by atoms with van der Waals surface area (Å²) < 4.78 is 0. The van der Waals surface area contributed by atoms with Crippen molar-refractivity contribution in [1.82, 2.24) is 4.98 Å². The highest BCUT2D eigenvalue weighted by Gasteiger charge is 2.20. The number of rotatable bonds is 4. The van der Waals surface area contributed by atoms with Crippen LogP contribution in [-0.4, -0.2) is 26.2 Å². The van der Waals surface area contributed by atoms with Crippen molar-refractivity contribution in [2.24, 2.45) is 0 Å². The molecule has 6 nitrogen and oxygen atoms in total. The fraction of sp³-hybridized carbons (Fsp3) is 0.250. The molecule has 0 aliphatic rings. The predicted octanol–water partition coefficient (Wildman–Crippen LogP) is 1.56. The summed E-state index contributed by atoms with van der Waals surface area (Å²) in [7, 11) is 0. The van der Waals surface area contributed by atoms with Crippen LogP contribution in [0, 0.1) is 10.1 Å². The molecule has 0 saturated carbocycles. The molecule has 1 atom stereocenters. The number of nitrogens with zero attached hydrogens (tertiary/aromatic N) is 2. The first-order valence-corrected chi connectivity index (χ1v) is 4.89. The van der Waals surface area contributed by atoms with Gasteiger partial charge in [0.2, 0.25) is 0 Å². The lowest BCUT2D eigenvalue weighted by Gasteiger charge is -2.04. The summed E-state index contributed by atoms with van der Waals surface area (Å²) in [5.41, 5.74) is -0.171. The molecule has 0 radical (unpaired) electrons. The van der Waals surface area contributed by atoms with Gasteiger partial charge in [0.05, 0.1) is 4.92 Å². The predicted molar refractivity (Wildman–Crippen MR) is 53.8 cm³/mol. The SMILES string of the molecule is C[C@@H](Sc1ncccc1[N+](=O)[O-])C(=O)O. The van der Waals surface area contributed by atoms with Crippen LogP contribution in [0.5, 0.6) is 0 Å². The fourth-order valence-corrected chi connectivity index (χ4v) is 1.65. The van der Waals surface area contributed by atoms with Crippen LogP contribution in [0.4, 0.5) is 5.69 Å². The van der Waals surface area contributed by atoms with Crippen LogP contribution in [0.25, 0.3) is 0 Å². The van der Waals surface area contributed by atoms with E-state index in [0.717, 1.165) is 11.8 Å². The molecule has 0 amide bonds. The van der Waals surface area contributed by atoms with Gasteiger partial charge in [-0.2, -0.15) is 0 Å². The second-order valence-corrected chi connectivity index (χ2v) is 4.01. The monoisotopic (exact) mass is 228 g/mol. The highest BCUT2D eigenvalue weighted by molar-refractivity contribution is 8.00. The van der Waals surface area contributed by atoms with Gasteiger partial charge in [0, 0.05) is 12.3 Å². The van der Waals surface area contributed by atoms with E-state index >= 15 is 0 Å². The third-order valence-corrected chi connectivity index (χ3v) is 2.68. The Morgan fingerprint density at radius 2 is 2.40 bits per heavy atom. The van der Waals surface area contributed by atoms with Crippen molar-refractivity contribution in [3.8, 4) is 0 Å². The Labute approximate surface area is 89.5 Å². The van der Waals surface area contributed by atoms with Crippen molar-refractivity contribution in [2.45, 2.75) is 17.2 Å². The minimum Gasteiger partial charge on any atom is -0.480 e. The second kappa shape index (κ2) is 4.74. The molecule has 0 aromatic carbocycles. The maximum Gasteiger partial charge on any atom is 0.316 e. The van der Waals surface area contributed by atoms with Crippen LogP contribution >= 0.6 is 11.8 Å². The lowest BCUT2D eigenvalue weighted by molar-refractivity contribution is -0.388. The summed E-state index contributed by atoms with van der Waals surface area (Å²) in [5, 5.41) is 18.6. The molecule has 0 unspecified atom stereocenters. The lowest BCUT2D eigenvalue weighted by atomic mass is 10.4. The van der Waals surface area contributed by atoms with Gasteiger partial charge in [0.15, 0.2) is 5.03 Å². The third kappa shape index (κ3) is 2.91. The Balaban J connectivity index is 2.94. The van der Waals surface area contributed by atoms with Crippen molar-refractivity contribution in [2.75, 3.05) is 0 Å². The van der Waals surface area contributed by atoms with E-state index in [1.807, 2.05) is 0 Å². The largest absolute Gasteiger partial charge is 0.480 e. The average Bonchev–Trinajstić information content (AvgIpc) is 2.18. The zero-order valence-corrected chi connectivity index (χ0v) is 8.60. The maximum atomic E-state index is 10.6. The summed E-state index contributed by atoms with van der Waals surface area (Å²) in [6.45, 7) is 1.45. The second-order valence-electron chi connectivity index (χ2n) is 2.68. The molecule has 1 heterocycles. The van der Waals surface area contributed by atoms with Gasteiger partial charge < -0.3 is 5.11 Å². The van der Waals surface area contributed by atoms with Crippen molar-refractivity contribution in [1.29, 1.82) is 0 Å². The van der Waals surface area contributed by atoms with Gasteiger partial charge in [-0.25, -0.2) is 4.98 Å². The van der Waals surface area contributed by atoms with Crippen LogP contribution < -0.4 is 0 Å². The Kier molecular flexibility index (Phi) is 3.62. The quantitative estimate of drug-likeness (QED) is 0.477. The van der Waals surface area contributed by atoms with E-state index in [1.165, 1.54) is 25.3 Å². The van der Waals surface area contributed by atoms with E-state index in [2.05, 4.69) is 4.98 Å². The zero-order valence-electron chi connectivity index (χ0n) is 7.78. The van der Waals surface area contributed by atoms with Crippen molar-refractivity contribution in [3.63, 3.8) is 0 Å². The molecular formula is C8H8N2O4S. The average molecular weight is 228 g/mol. The molecule has 0 spiro atoms. The summed E-state index contributed by atoms with van der Waals surface area (Å²) in [6, 6.07) is 2.73. The Bertz CT molecular complexity index is 396. The van der Waals surface area contributed by atoms with Crippen LogP contribution in [0.1, 0.15) is 6.92 Å². The molecule has 0 aliphatic heterocycles. The number of aromatic nitrogens is 1. The normalized spacial score (nSPS) is 12.1. The molecule has 0 fully saturated rings. The smallest absolute Gasteiger partial charge is 0.316 e. The number of carbonyl (C=O) groups is 1. The van der Waals surface area contributed by atoms with E-state index in [9.17, 15) is 14.9 Å². The number of carboxylic acids is 1. The molecule has 1 aromatic rings. The molecule has 0 bridgehead atoms. The van der Waals surface area contributed by atoms with Crippen molar-refractivity contribution < 1.29 is 14.8 Å². The number of hydrogen-bond acceptors (Lipinski definition) is 5. The molecule has 1 rings (SSSR count). The number of nitro groups is 1. The summed E-state index contributed by atoms with van der Waals surface area (Å²) >= 11 is 0.854. The lowest BCUT2D eigenvalue weighted by Crippen LogP contribution is -2.11. The minimum absolute atomic E-state index is 0.123. The molecular weight excluding hydrogens is 220 g/mol. The molecule has 15 heavy (non-hydrogen) atoms. The summed E-state index contributed by atoms with van der Waals surface area (Å²) in [4.78, 5) is 24.3. The molecule has 0 aliphatic carbocycles. The summed E-state index contributed by atoms with van der Waals surface area (Å²) in [6.07, 6.45) is 1.39. The Morgan fingerprint density at radius 3 is 2.93 bits per heavy atom. The first-order valence-electron chi connectivity index (χ1n) is 4.01. The standard InChI is InChI=1S/C8H8N2O4S/c1-5(8(11)12)15-7-6(10(13)14)3-2-4-9-7/h2-5H,1H3,(H,11,12)/t5-/m1/s1. The number of carboxylic acid groups (broad SMARTS) is 1. The molecule has 80 valence electrons. The third-order valence-electron chi connectivity index (χ3n) is 1.58. The van der Waals surface area contributed by atoms with Crippen molar-refractivity contribution in [3.05, 3.63) is 28.4 Å². The van der Waals surface area contributed by atoms with Crippen LogP contribution in [0.3, 0.4) is 0 Å². The number of aliphatic carboxylic acids is 1. The molecule has 0 saturated heterocycles. The van der Waals surface area contributed by atoms with E-state index in [0.29, 0.717) is 0 Å². The summed E-state index contributed by atoms with van der Waals surface area (Å²) in [5.74, 6) is -1.03. The van der Waals surface area contributed by atoms with E-state index < -0.39 is 16.1 Å². The van der Waals surface area contributed by atoms with Gasteiger partial charge in [0.1, 0.15) is 5.25 Å². The highest BCUT2D eigenvalue weighted by Crippen LogP contribution is 2.29. The van der Waals surface area contributed by atoms with E-state index in [1.54, 1.807) is 0 Å². The Hall–Kier alpha value is -1.63. The zero-order chi connectivity index (χ0) is 11.4. The number of pyridine rings is 1. The fourth-order valence-electron chi connectivity index (χ4n) is 0.830. The van der Waals surface area contributed by atoms with Gasteiger partial charge in [-0.15, -0.1) is 0 Å². The first-order chi connectivity index (χ1) is 7.02. The Morgan fingerprint density at radius 1 is 1.73 bits per heavy atom. The van der Waals surface area contributed by atoms with Crippen LogP contribution in [0.15, 0.2) is 23.4 Å². The number of thioether (sulfide) groups is 1. The maximum absolute atomic E-state index is 10.6. The van der Waals surface area contributed by atoms with Crippen LogP contribution in [0.2, 0.25) is 0 Å². The van der Waals surface area contributed by atoms with Gasteiger partial charge in [-0.3, -0.25) is 14.9 Å². The van der Waals surface area contributed by atoms with Gasteiger partial charge >= 0.3 is 11.7 Å². The van der Waals surface area contributed by atoms with Gasteiger partial charge in [0.25, 0.3) is 0 Å². The van der Waals surface area contributed by atoms with E-state index in [4.69, 9.17) is 5.11 Å². The highest BCUT2D eigenvalue weighted by atomic mass is 32.2. The molecule has 7 heteroatoms. The topological polar surface area (TPSA) is 93.3 Å². The first kappa shape index (κ1) is 11.4. The van der Waals surface area contributed by atoms with Crippen LogP contribution in [-0.2, 0) is 4.79 Å². The van der Waals surface area contributed by atoms with Crippen molar-refractivity contribution >= 4 is 23.4 Å². The van der Waals surface area contributed by atoms with Gasteiger partial charge in [-0.05, 0) is 13.0 Å². The molecule has 1 N–H and O–H groups in total.